The van der Waals surface area contributed by atoms with E-state index in [1.807, 2.05) is 26.8 Å². The van der Waals surface area contributed by atoms with E-state index in [-0.39, 0.29) is 16.1 Å². The average molecular weight is 357 g/mol. The van der Waals surface area contributed by atoms with Gasteiger partial charge in [0.1, 0.15) is 0 Å². The summed E-state index contributed by atoms with van der Waals surface area (Å²) in [5.74, 6) is -0.137. The van der Waals surface area contributed by atoms with Gasteiger partial charge in [0.05, 0.1) is 10.9 Å². The second-order valence-corrected chi connectivity index (χ2v) is 9.37. The first-order chi connectivity index (χ1) is 11.7. The third kappa shape index (κ3) is 3.53. The molecule has 1 aliphatic heterocycles. The van der Waals surface area contributed by atoms with Crippen LogP contribution in [0.3, 0.4) is 0 Å². The molecule has 1 aliphatic rings. The van der Waals surface area contributed by atoms with Crippen LogP contribution in [-0.2, 0) is 10.0 Å². The predicted octanol–water partition coefficient (Wildman–Crippen LogP) is 3.67. The molecule has 0 radical (unpaired) electrons. The van der Waals surface area contributed by atoms with Gasteiger partial charge in [-0.25, -0.2) is 8.42 Å². The molecule has 0 amide bonds. The Labute approximate surface area is 149 Å². The van der Waals surface area contributed by atoms with Crippen LogP contribution in [0.4, 0.5) is 0 Å². The Kier molecular flexibility index (Phi) is 4.56. The first-order valence-electron chi connectivity index (χ1n) is 8.38. The topological polar surface area (TPSA) is 54.5 Å². The summed E-state index contributed by atoms with van der Waals surface area (Å²) in [6.07, 6.45) is 0.520. The van der Waals surface area contributed by atoms with Gasteiger partial charge in [0, 0.05) is 12.1 Å². The third-order valence-corrected chi connectivity index (χ3v) is 6.53. The number of carbonyl (C=O) groups excluding carboxylic acids is 1. The minimum atomic E-state index is -3.72. The summed E-state index contributed by atoms with van der Waals surface area (Å²) in [6, 6.07) is 15.0. The lowest BCUT2D eigenvalue weighted by atomic mass is 9.88. The number of hydrogen-bond donors (Lipinski definition) is 0. The first kappa shape index (κ1) is 17.8. The molecule has 1 fully saturated rings. The molecule has 4 nitrogen and oxygen atoms in total. The van der Waals surface area contributed by atoms with Crippen molar-refractivity contribution < 1.29 is 13.2 Å². The number of sulfonamides is 1. The molecule has 1 saturated heterocycles. The van der Waals surface area contributed by atoms with Crippen molar-refractivity contribution in [1.82, 2.24) is 4.31 Å². The van der Waals surface area contributed by atoms with Gasteiger partial charge in [0.25, 0.3) is 0 Å². The standard InChI is InChI=1S/C20H23NO3S/c1-15-9-11-17(12-10-15)25(23,24)21-14-20(2,3)13-18(21)19(22)16-7-5-4-6-8-16/h4-12,18H,13-14H2,1-3H3. The Hall–Kier alpha value is -1.98. The molecule has 3 rings (SSSR count). The fourth-order valence-corrected chi connectivity index (χ4v) is 5.11. The lowest BCUT2D eigenvalue weighted by molar-refractivity contribution is 0.0916. The van der Waals surface area contributed by atoms with E-state index in [0.29, 0.717) is 18.5 Å². The molecule has 0 aromatic heterocycles. The van der Waals surface area contributed by atoms with Gasteiger partial charge in [-0.15, -0.1) is 0 Å². The molecule has 5 heteroatoms. The number of ketones is 1. The Morgan fingerprint density at radius 2 is 1.64 bits per heavy atom. The van der Waals surface area contributed by atoms with Crippen molar-refractivity contribution in [3.05, 3.63) is 65.7 Å². The molecule has 1 atom stereocenters. The van der Waals surface area contributed by atoms with Crippen LogP contribution in [0.5, 0.6) is 0 Å². The van der Waals surface area contributed by atoms with Crippen molar-refractivity contribution in [2.24, 2.45) is 5.41 Å². The SMILES string of the molecule is Cc1ccc(S(=O)(=O)N2CC(C)(C)CC2C(=O)c2ccccc2)cc1. The summed E-state index contributed by atoms with van der Waals surface area (Å²) in [7, 11) is -3.72. The van der Waals surface area contributed by atoms with E-state index in [4.69, 9.17) is 0 Å². The molecular formula is C20H23NO3S. The minimum Gasteiger partial charge on any atom is -0.292 e. The van der Waals surface area contributed by atoms with E-state index in [1.54, 1.807) is 48.5 Å². The molecule has 25 heavy (non-hydrogen) atoms. The maximum atomic E-state index is 13.2. The predicted molar refractivity (Wildman–Crippen MR) is 98.0 cm³/mol. The van der Waals surface area contributed by atoms with Crippen molar-refractivity contribution >= 4 is 15.8 Å². The van der Waals surface area contributed by atoms with Gasteiger partial charge in [-0.3, -0.25) is 4.79 Å². The maximum absolute atomic E-state index is 13.2. The van der Waals surface area contributed by atoms with Crippen molar-refractivity contribution in [3.8, 4) is 0 Å². The highest BCUT2D eigenvalue weighted by atomic mass is 32.2. The number of nitrogens with zero attached hydrogens (tertiary/aromatic N) is 1. The van der Waals surface area contributed by atoms with E-state index in [1.165, 1.54) is 4.31 Å². The first-order valence-corrected chi connectivity index (χ1v) is 9.82. The van der Waals surface area contributed by atoms with E-state index < -0.39 is 16.1 Å². The molecule has 2 aromatic rings. The van der Waals surface area contributed by atoms with E-state index in [0.717, 1.165) is 5.56 Å². The Balaban J connectivity index is 2.00. The smallest absolute Gasteiger partial charge is 0.243 e. The van der Waals surface area contributed by atoms with Crippen molar-refractivity contribution in [1.29, 1.82) is 0 Å². The number of carbonyl (C=O) groups is 1. The summed E-state index contributed by atoms with van der Waals surface area (Å²) in [4.78, 5) is 13.2. The molecular weight excluding hydrogens is 334 g/mol. The van der Waals surface area contributed by atoms with E-state index >= 15 is 0 Å². The Morgan fingerprint density at radius 1 is 1.04 bits per heavy atom. The van der Waals surface area contributed by atoms with Crippen molar-refractivity contribution in [2.75, 3.05) is 6.54 Å². The highest BCUT2D eigenvalue weighted by molar-refractivity contribution is 7.89. The van der Waals surface area contributed by atoms with Crippen LogP contribution in [0.2, 0.25) is 0 Å². The lowest BCUT2D eigenvalue weighted by Gasteiger charge is -2.23. The van der Waals surface area contributed by atoms with Gasteiger partial charge in [-0.1, -0.05) is 61.9 Å². The largest absolute Gasteiger partial charge is 0.292 e. The molecule has 1 heterocycles. The van der Waals surface area contributed by atoms with Gasteiger partial charge < -0.3 is 0 Å². The second kappa shape index (κ2) is 6.39. The number of benzene rings is 2. The summed E-state index contributed by atoms with van der Waals surface area (Å²) in [5.41, 5.74) is 1.30. The molecule has 2 aromatic carbocycles. The molecule has 0 saturated carbocycles. The Morgan fingerprint density at radius 3 is 2.24 bits per heavy atom. The molecule has 0 N–H and O–H groups in total. The van der Waals surface area contributed by atoms with Crippen LogP contribution in [0.1, 0.15) is 36.2 Å². The average Bonchev–Trinajstić information content (AvgIpc) is 2.92. The van der Waals surface area contributed by atoms with Crippen LogP contribution in [-0.4, -0.2) is 31.1 Å². The van der Waals surface area contributed by atoms with E-state index in [2.05, 4.69) is 0 Å². The highest BCUT2D eigenvalue weighted by Gasteiger charge is 2.47. The zero-order valence-corrected chi connectivity index (χ0v) is 15.6. The number of Topliss-reactive ketones (excluding diaryl/α,β-unsaturated/α-hetero) is 1. The second-order valence-electron chi connectivity index (χ2n) is 7.48. The van der Waals surface area contributed by atoms with Gasteiger partial charge in [0.2, 0.25) is 10.0 Å². The monoisotopic (exact) mass is 357 g/mol. The Bertz CT molecular complexity index is 871. The van der Waals surface area contributed by atoms with Gasteiger partial charge in [0.15, 0.2) is 5.78 Å². The summed E-state index contributed by atoms with van der Waals surface area (Å²) < 4.78 is 27.7. The fraction of sp³-hybridized carbons (Fsp3) is 0.350. The summed E-state index contributed by atoms with van der Waals surface area (Å²) in [6.45, 7) is 6.26. The molecule has 1 unspecified atom stereocenters. The zero-order valence-electron chi connectivity index (χ0n) is 14.8. The van der Waals surface area contributed by atoms with Crippen molar-refractivity contribution in [3.63, 3.8) is 0 Å². The lowest BCUT2D eigenvalue weighted by Crippen LogP contribution is -2.40. The summed E-state index contributed by atoms with van der Waals surface area (Å²) >= 11 is 0. The molecule has 0 aliphatic carbocycles. The highest BCUT2D eigenvalue weighted by Crippen LogP contribution is 2.38. The number of aryl methyl sites for hydroxylation is 1. The van der Waals surface area contributed by atoms with Gasteiger partial charge in [-0.05, 0) is 30.9 Å². The quantitative estimate of drug-likeness (QED) is 0.785. The third-order valence-electron chi connectivity index (χ3n) is 4.67. The van der Waals surface area contributed by atoms with Crippen LogP contribution in [0.25, 0.3) is 0 Å². The van der Waals surface area contributed by atoms with Crippen LogP contribution in [0.15, 0.2) is 59.5 Å². The molecule has 0 bridgehead atoms. The minimum absolute atomic E-state index is 0.137. The van der Waals surface area contributed by atoms with Crippen molar-refractivity contribution in [2.45, 2.75) is 38.1 Å². The van der Waals surface area contributed by atoms with E-state index in [9.17, 15) is 13.2 Å². The van der Waals surface area contributed by atoms with Crippen LogP contribution >= 0.6 is 0 Å². The molecule has 0 spiro atoms. The van der Waals surface area contributed by atoms with Gasteiger partial charge in [-0.2, -0.15) is 4.31 Å². The number of hydrogen-bond acceptors (Lipinski definition) is 3. The normalized spacial score (nSPS) is 20.5. The van der Waals surface area contributed by atoms with Crippen LogP contribution < -0.4 is 0 Å². The van der Waals surface area contributed by atoms with Gasteiger partial charge >= 0.3 is 0 Å². The fourth-order valence-electron chi connectivity index (χ4n) is 3.34. The number of rotatable bonds is 4. The molecule has 132 valence electrons. The van der Waals surface area contributed by atoms with Crippen LogP contribution in [0, 0.1) is 12.3 Å². The summed E-state index contributed by atoms with van der Waals surface area (Å²) in [5, 5.41) is 0. The zero-order chi connectivity index (χ0) is 18.2. The maximum Gasteiger partial charge on any atom is 0.243 e.